The average Bonchev–Trinajstić information content (AvgIpc) is 2.60. The summed E-state index contributed by atoms with van der Waals surface area (Å²) >= 11 is 0. The monoisotopic (exact) mass is 461 g/mol. The van der Waals surface area contributed by atoms with Gasteiger partial charge in [-0.25, -0.2) is 0 Å². The highest BCUT2D eigenvalue weighted by molar-refractivity contribution is 14.0. The smallest absolute Gasteiger partial charge is 0.191 e. The Morgan fingerprint density at radius 2 is 1.88 bits per heavy atom. The first-order valence-electron chi connectivity index (χ1n) is 8.79. The van der Waals surface area contributed by atoms with E-state index in [1.165, 1.54) is 18.4 Å². The van der Waals surface area contributed by atoms with Crippen LogP contribution in [0.25, 0.3) is 0 Å². The van der Waals surface area contributed by atoms with Gasteiger partial charge in [-0.05, 0) is 48.8 Å². The molecule has 1 saturated heterocycles. The van der Waals surface area contributed by atoms with Crippen LogP contribution in [-0.4, -0.2) is 44.7 Å². The lowest BCUT2D eigenvalue weighted by atomic mass is 9.99. The molecule has 1 heterocycles. The van der Waals surface area contributed by atoms with Gasteiger partial charge in [0.1, 0.15) is 0 Å². The van der Waals surface area contributed by atoms with E-state index < -0.39 is 0 Å². The van der Waals surface area contributed by atoms with E-state index in [9.17, 15) is 0 Å². The van der Waals surface area contributed by atoms with Gasteiger partial charge in [-0.15, -0.1) is 24.0 Å². The maximum Gasteiger partial charge on any atom is 0.191 e. The quantitative estimate of drug-likeness (QED) is 0.400. The van der Waals surface area contributed by atoms with Crippen LogP contribution >= 0.6 is 24.0 Å². The van der Waals surface area contributed by atoms with E-state index in [2.05, 4.69) is 29.8 Å². The molecule has 1 unspecified atom stereocenters. The van der Waals surface area contributed by atoms with Gasteiger partial charge in [0.05, 0.1) is 14.2 Å². The van der Waals surface area contributed by atoms with Crippen molar-refractivity contribution in [3.8, 4) is 11.5 Å². The molecular weight excluding hydrogens is 429 g/mol. The molecule has 0 spiro atoms. The molecule has 1 aromatic carbocycles. The summed E-state index contributed by atoms with van der Waals surface area (Å²) in [5.74, 6) is 3.45. The Kier molecular flexibility index (Phi) is 9.38. The van der Waals surface area contributed by atoms with Crippen LogP contribution in [-0.2, 0) is 6.42 Å². The minimum atomic E-state index is 0. The van der Waals surface area contributed by atoms with Crippen molar-refractivity contribution in [1.82, 2.24) is 4.90 Å². The molecular formula is C19H32IN3O2. The highest BCUT2D eigenvalue weighted by Gasteiger charge is 2.17. The van der Waals surface area contributed by atoms with E-state index >= 15 is 0 Å². The van der Waals surface area contributed by atoms with Gasteiger partial charge in [-0.2, -0.15) is 0 Å². The van der Waals surface area contributed by atoms with Crippen molar-refractivity contribution >= 4 is 29.9 Å². The van der Waals surface area contributed by atoms with Crippen molar-refractivity contribution < 1.29 is 9.47 Å². The number of likely N-dealkylation sites (tertiary alicyclic amines) is 1. The van der Waals surface area contributed by atoms with Gasteiger partial charge in [0, 0.05) is 19.6 Å². The van der Waals surface area contributed by atoms with Gasteiger partial charge in [0.15, 0.2) is 17.5 Å². The summed E-state index contributed by atoms with van der Waals surface area (Å²) in [6, 6.07) is 6.07. The summed E-state index contributed by atoms with van der Waals surface area (Å²) in [5.41, 5.74) is 7.38. The lowest BCUT2D eigenvalue weighted by Crippen LogP contribution is -2.42. The van der Waals surface area contributed by atoms with Crippen LogP contribution < -0.4 is 15.2 Å². The van der Waals surface area contributed by atoms with Gasteiger partial charge in [-0.1, -0.05) is 19.9 Å². The van der Waals surface area contributed by atoms with Crippen molar-refractivity contribution in [3.63, 3.8) is 0 Å². The molecule has 0 radical (unpaired) electrons. The highest BCUT2D eigenvalue weighted by Crippen LogP contribution is 2.28. The topological polar surface area (TPSA) is 60.1 Å². The van der Waals surface area contributed by atoms with E-state index in [4.69, 9.17) is 15.2 Å². The summed E-state index contributed by atoms with van der Waals surface area (Å²) in [4.78, 5) is 6.82. The largest absolute Gasteiger partial charge is 0.493 e. The first-order valence-corrected chi connectivity index (χ1v) is 8.79. The van der Waals surface area contributed by atoms with E-state index in [1.54, 1.807) is 14.2 Å². The lowest BCUT2D eigenvalue weighted by Gasteiger charge is -2.31. The number of hydrogen-bond acceptors (Lipinski definition) is 3. The maximum atomic E-state index is 6.16. The summed E-state index contributed by atoms with van der Waals surface area (Å²) in [7, 11) is 3.31. The minimum absolute atomic E-state index is 0. The third-order valence-electron chi connectivity index (χ3n) is 4.70. The van der Waals surface area contributed by atoms with Gasteiger partial charge >= 0.3 is 0 Å². The third-order valence-corrected chi connectivity index (χ3v) is 4.70. The zero-order valence-electron chi connectivity index (χ0n) is 15.8. The number of nitrogens with two attached hydrogens (primary N) is 1. The first kappa shape index (κ1) is 21.9. The van der Waals surface area contributed by atoms with Crippen LogP contribution in [0.3, 0.4) is 0 Å². The maximum absolute atomic E-state index is 6.16. The number of guanidine groups is 1. The molecule has 1 aromatic rings. The fourth-order valence-electron chi connectivity index (χ4n) is 3.06. The zero-order valence-corrected chi connectivity index (χ0v) is 18.2. The van der Waals surface area contributed by atoms with Crippen LogP contribution in [0.5, 0.6) is 11.5 Å². The number of halogens is 1. The molecule has 1 atom stereocenters. The van der Waals surface area contributed by atoms with Crippen molar-refractivity contribution in [1.29, 1.82) is 0 Å². The predicted octanol–water partition coefficient (Wildman–Crippen LogP) is 3.55. The fourth-order valence-corrected chi connectivity index (χ4v) is 3.06. The average molecular weight is 461 g/mol. The van der Waals surface area contributed by atoms with Crippen molar-refractivity contribution in [2.24, 2.45) is 22.6 Å². The molecule has 5 nitrogen and oxygen atoms in total. The third kappa shape index (κ3) is 6.56. The van der Waals surface area contributed by atoms with Crippen LogP contribution in [0.2, 0.25) is 0 Å². The van der Waals surface area contributed by atoms with Crippen LogP contribution in [0.4, 0.5) is 0 Å². The molecule has 0 amide bonds. The highest BCUT2D eigenvalue weighted by atomic mass is 127. The summed E-state index contributed by atoms with van der Waals surface area (Å²) in [6.07, 6.45) is 3.35. The molecule has 25 heavy (non-hydrogen) atoms. The van der Waals surface area contributed by atoms with Gasteiger partial charge in [0.2, 0.25) is 0 Å². The molecule has 2 N–H and O–H groups in total. The Morgan fingerprint density at radius 3 is 2.48 bits per heavy atom. The molecule has 0 saturated carbocycles. The predicted molar refractivity (Wildman–Crippen MR) is 114 cm³/mol. The number of rotatable bonds is 6. The number of nitrogens with zero attached hydrogens (tertiary/aromatic N) is 2. The summed E-state index contributed by atoms with van der Waals surface area (Å²) in [6.45, 7) is 7.30. The lowest BCUT2D eigenvalue weighted by molar-refractivity contribution is 0.277. The second-order valence-corrected chi connectivity index (χ2v) is 6.87. The molecule has 142 valence electrons. The van der Waals surface area contributed by atoms with E-state index in [0.717, 1.165) is 43.5 Å². The fraction of sp³-hybridized carbons (Fsp3) is 0.632. The normalized spacial score (nSPS) is 17.0. The van der Waals surface area contributed by atoms with E-state index in [0.29, 0.717) is 11.9 Å². The molecule has 1 fully saturated rings. The number of ether oxygens (including phenoxy) is 2. The number of piperidine rings is 1. The molecule has 0 aliphatic carbocycles. The van der Waals surface area contributed by atoms with Gasteiger partial charge in [-0.3, -0.25) is 4.99 Å². The van der Waals surface area contributed by atoms with Gasteiger partial charge in [0.25, 0.3) is 0 Å². The SMILES string of the molecule is COc1ccc(CC(C)CN=C(N)N2CCC(C)CC2)cc1OC.I. The molecule has 0 bridgehead atoms. The number of aliphatic imine (C=N–C) groups is 1. The molecule has 1 aliphatic rings. The Balaban J connectivity index is 0.00000312. The standard InChI is InChI=1S/C19H31N3O2.HI/c1-14-7-9-22(10-8-14)19(20)21-13-15(2)11-16-5-6-17(23-3)18(12-16)24-4;/h5-6,12,14-15H,7-11,13H2,1-4H3,(H2,20,21);1H. The van der Waals surface area contributed by atoms with Crippen molar-refractivity contribution in [2.45, 2.75) is 33.1 Å². The first-order chi connectivity index (χ1) is 11.5. The zero-order chi connectivity index (χ0) is 17.5. The van der Waals surface area contributed by atoms with E-state index in [1.807, 2.05) is 12.1 Å². The van der Waals surface area contributed by atoms with Gasteiger partial charge < -0.3 is 20.1 Å². The number of methoxy groups -OCH3 is 2. The van der Waals surface area contributed by atoms with Crippen molar-refractivity contribution in [2.75, 3.05) is 33.9 Å². The second-order valence-electron chi connectivity index (χ2n) is 6.87. The van der Waals surface area contributed by atoms with Crippen LogP contribution in [0.1, 0.15) is 32.3 Å². The Labute approximate surface area is 169 Å². The second kappa shape index (κ2) is 10.7. The van der Waals surface area contributed by atoms with Crippen LogP contribution in [0.15, 0.2) is 23.2 Å². The number of hydrogen-bond donors (Lipinski definition) is 1. The Bertz CT molecular complexity index is 558. The van der Waals surface area contributed by atoms with Crippen molar-refractivity contribution in [3.05, 3.63) is 23.8 Å². The molecule has 6 heteroatoms. The molecule has 0 aromatic heterocycles. The summed E-state index contributed by atoms with van der Waals surface area (Å²) < 4.78 is 10.6. The van der Waals surface area contributed by atoms with E-state index in [-0.39, 0.29) is 24.0 Å². The van der Waals surface area contributed by atoms with Crippen LogP contribution in [0, 0.1) is 11.8 Å². The Hall–Kier alpha value is -1.18. The number of benzene rings is 1. The summed E-state index contributed by atoms with van der Waals surface area (Å²) in [5, 5.41) is 0. The Morgan fingerprint density at radius 1 is 1.24 bits per heavy atom. The molecule has 1 aliphatic heterocycles. The molecule has 2 rings (SSSR count). The minimum Gasteiger partial charge on any atom is -0.493 e.